The Labute approximate surface area is 150 Å². The van der Waals surface area contributed by atoms with Gasteiger partial charge < -0.3 is 24.9 Å². The Kier molecular flexibility index (Phi) is 15.5. The minimum Gasteiger partial charge on any atom is -0.550 e. The molecule has 0 fully saturated rings. The second-order valence-electron chi connectivity index (χ2n) is 5.71. The fourth-order valence-corrected chi connectivity index (χ4v) is 1.99. The minimum absolute atomic E-state index is 0.0471. The largest absolute Gasteiger partial charge is 0.550 e. The Morgan fingerprint density at radius 1 is 0.880 bits per heavy atom. The predicted molar refractivity (Wildman–Crippen MR) is 96.6 cm³/mol. The SMILES string of the molecule is O=CCCCC/C=C\C[C@@H](O)/C=C/C=C/C=C\[C@@H](O)CCCC(=O)[O-]. The molecule has 0 bridgehead atoms. The van der Waals surface area contributed by atoms with E-state index in [4.69, 9.17) is 0 Å². The number of rotatable bonds is 15. The molecule has 0 heterocycles. The van der Waals surface area contributed by atoms with Crippen molar-refractivity contribution in [3.05, 3.63) is 48.6 Å². The summed E-state index contributed by atoms with van der Waals surface area (Å²) in [6.45, 7) is 0. The summed E-state index contributed by atoms with van der Waals surface area (Å²) in [7, 11) is 0. The molecule has 0 amide bonds. The van der Waals surface area contributed by atoms with Crippen molar-refractivity contribution in [1.82, 2.24) is 0 Å². The van der Waals surface area contributed by atoms with Gasteiger partial charge in [0.1, 0.15) is 6.29 Å². The van der Waals surface area contributed by atoms with E-state index in [9.17, 15) is 24.9 Å². The van der Waals surface area contributed by atoms with Crippen LogP contribution in [0.15, 0.2) is 48.6 Å². The van der Waals surface area contributed by atoms with Crippen LogP contribution in [0.2, 0.25) is 0 Å². The van der Waals surface area contributed by atoms with Gasteiger partial charge in [0.05, 0.1) is 12.2 Å². The van der Waals surface area contributed by atoms with Gasteiger partial charge in [-0.15, -0.1) is 0 Å². The quantitative estimate of drug-likeness (QED) is 0.204. The van der Waals surface area contributed by atoms with Crippen LogP contribution >= 0.6 is 0 Å². The van der Waals surface area contributed by atoms with Crippen LogP contribution in [-0.4, -0.2) is 34.7 Å². The molecule has 5 nitrogen and oxygen atoms in total. The first-order chi connectivity index (χ1) is 12.1. The number of aldehydes is 1. The first kappa shape index (κ1) is 23.0. The van der Waals surface area contributed by atoms with Crippen LogP contribution in [0.4, 0.5) is 0 Å². The number of unbranched alkanes of at least 4 members (excludes halogenated alkanes) is 3. The van der Waals surface area contributed by atoms with Gasteiger partial charge in [-0.25, -0.2) is 0 Å². The third-order valence-corrected chi connectivity index (χ3v) is 3.37. The first-order valence-corrected chi connectivity index (χ1v) is 8.72. The van der Waals surface area contributed by atoms with Crippen LogP contribution in [0.3, 0.4) is 0 Å². The number of carboxylic acid groups (broad SMARTS) is 1. The second-order valence-corrected chi connectivity index (χ2v) is 5.71. The first-order valence-electron chi connectivity index (χ1n) is 8.72. The number of carboxylic acids is 1. The van der Waals surface area contributed by atoms with Gasteiger partial charge in [0.25, 0.3) is 0 Å². The molecule has 0 rings (SSSR count). The Balaban J connectivity index is 3.80. The number of allylic oxidation sites excluding steroid dienone is 5. The van der Waals surface area contributed by atoms with Crippen molar-refractivity contribution in [2.75, 3.05) is 0 Å². The number of carbonyl (C=O) groups excluding carboxylic acids is 2. The highest BCUT2D eigenvalue weighted by Gasteiger charge is 1.97. The summed E-state index contributed by atoms with van der Waals surface area (Å²) in [6.07, 6.45) is 18.5. The molecule has 25 heavy (non-hydrogen) atoms. The lowest BCUT2D eigenvalue weighted by molar-refractivity contribution is -0.305. The van der Waals surface area contributed by atoms with Crippen LogP contribution in [0.25, 0.3) is 0 Å². The normalized spacial score (nSPS) is 14.8. The monoisotopic (exact) mass is 349 g/mol. The smallest absolute Gasteiger partial charge is 0.119 e. The third kappa shape index (κ3) is 18.2. The predicted octanol–water partition coefficient (Wildman–Crippen LogP) is 2.00. The molecule has 0 radical (unpaired) electrons. The maximum atomic E-state index is 10.2. The molecule has 0 aliphatic heterocycles. The Morgan fingerprint density at radius 3 is 2.16 bits per heavy atom. The van der Waals surface area contributed by atoms with Crippen molar-refractivity contribution in [2.24, 2.45) is 0 Å². The zero-order chi connectivity index (χ0) is 18.8. The van der Waals surface area contributed by atoms with Crippen molar-refractivity contribution >= 4 is 12.3 Å². The van der Waals surface area contributed by atoms with Gasteiger partial charge in [0.15, 0.2) is 0 Å². The lowest BCUT2D eigenvalue weighted by Gasteiger charge is -2.04. The molecule has 0 unspecified atom stereocenters. The molecule has 0 aromatic heterocycles. The molecular formula is C20H29O5-. The molecule has 0 spiro atoms. The molecule has 2 N–H and O–H groups in total. The van der Waals surface area contributed by atoms with Crippen LogP contribution in [0.5, 0.6) is 0 Å². The molecule has 0 saturated heterocycles. The van der Waals surface area contributed by atoms with Crippen molar-refractivity contribution < 1.29 is 24.9 Å². The minimum atomic E-state index is -1.10. The van der Waals surface area contributed by atoms with E-state index in [1.54, 1.807) is 36.5 Å². The number of aliphatic hydroxyl groups excluding tert-OH is 2. The highest BCUT2D eigenvalue weighted by atomic mass is 16.4. The molecular weight excluding hydrogens is 320 g/mol. The number of hydrogen-bond donors (Lipinski definition) is 2. The van der Waals surface area contributed by atoms with E-state index in [0.29, 0.717) is 25.7 Å². The van der Waals surface area contributed by atoms with Crippen molar-refractivity contribution in [1.29, 1.82) is 0 Å². The van der Waals surface area contributed by atoms with E-state index < -0.39 is 18.2 Å². The second kappa shape index (κ2) is 16.9. The lowest BCUT2D eigenvalue weighted by atomic mass is 10.1. The molecule has 0 aliphatic carbocycles. The van der Waals surface area contributed by atoms with Gasteiger partial charge in [-0.3, -0.25) is 0 Å². The van der Waals surface area contributed by atoms with E-state index in [-0.39, 0.29) is 6.42 Å². The fourth-order valence-electron chi connectivity index (χ4n) is 1.99. The van der Waals surface area contributed by atoms with E-state index in [2.05, 4.69) is 0 Å². The summed E-state index contributed by atoms with van der Waals surface area (Å²) in [5, 5.41) is 29.6. The van der Waals surface area contributed by atoms with E-state index in [0.717, 1.165) is 25.5 Å². The van der Waals surface area contributed by atoms with Crippen LogP contribution in [-0.2, 0) is 9.59 Å². The van der Waals surface area contributed by atoms with Gasteiger partial charge in [-0.2, -0.15) is 0 Å². The Bertz CT molecular complexity index is 463. The summed E-state index contributed by atoms with van der Waals surface area (Å²) in [5.74, 6) is -1.10. The maximum Gasteiger partial charge on any atom is 0.119 e. The molecule has 2 atom stereocenters. The number of aliphatic hydroxyl groups is 2. The standard InChI is InChI=1S/C20H30O5/c21-17-10-6-2-1-3-7-12-18(22)13-8-4-5-9-14-19(23)15-11-16-20(24)25/h3-5,7-9,13-14,17-19,22-23H,1-2,6,10-12,15-16H2,(H,24,25)/p-1/b5-4+,7-3-,13-8+,14-9-/t18-,19-/m1/s1. The van der Waals surface area contributed by atoms with Crippen molar-refractivity contribution in [2.45, 2.75) is 63.6 Å². The van der Waals surface area contributed by atoms with Crippen molar-refractivity contribution in [3.8, 4) is 0 Å². The lowest BCUT2D eigenvalue weighted by Crippen LogP contribution is -2.22. The van der Waals surface area contributed by atoms with Crippen molar-refractivity contribution in [3.63, 3.8) is 0 Å². The summed E-state index contributed by atoms with van der Waals surface area (Å²) in [4.78, 5) is 20.4. The third-order valence-electron chi connectivity index (χ3n) is 3.37. The number of hydrogen-bond acceptors (Lipinski definition) is 5. The van der Waals surface area contributed by atoms with Crippen LogP contribution < -0.4 is 5.11 Å². The highest BCUT2D eigenvalue weighted by molar-refractivity contribution is 5.64. The average Bonchev–Trinajstić information content (AvgIpc) is 2.56. The molecule has 0 saturated carbocycles. The summed E-state index contributed by atoms with van der Waals surface area (Å²) in [5.41, 5.74) is 0. The number of carbonyl (C=O) groups is 2. The van der Waals surface area contributed by atoms with Gasteiger partial charge in [-0.05, 0) is 44.9 Å². The molecule has 0 aromatic rings. The molecule has 0 aromatic carbocycles. The van der Waals surface area contributed by atoms with Gasteiger partial charge in [0.2, 0.25) is 0 Å². The highest BCUT2D eigenvalue weighted by Crippen LogP contribution is 2.03. The van der Waals surface area contributed by atoms with Gasteiger partial charge in [-0.1, -0.05) is 48.6 Å². The Hall–Kier alpha value is -1.98. The van der Waals surface area contributed by atoms with Gasteiger partial charge >= 0.3 is 0 Å². The summed E-state index contributed by atoms with van der Waals surface area (Å²) in [6, 6.07) is 0. The van der Waals surface area contributed by atoms with E-state index in [1.165, 1.54) is 0 Å². The van der Waals surface area contributed by atoms with Crippen LogP contribution in [0.1, 0.15) is 51.4 Å². The van der Waals surface area contributed by atoms with Crippen LogP contribution in [0, 0.1) is 0 Å². The zero-order valence-corrected chi connectivity index (χ0v) is 14.6. The molecule has 0 aliphatic rings. The fraction of sp³-hybridized carbons (Fsp3) is 0.500. The van der Waals surface area contributed by atoms with E-state index in [1.807, 2.05) is 12.2 Å². The average molecular weight is 349 g/mol. The summed E-state index contributed by atoms with van der Waals surface area (Å²) < 4.78 is 0. The van der Waals surface area contributed by atoms with E-state index >= 15 is 0 Å². The maximum absolute atomic E-state index is 10.2. The molecule has 5 heteroatoms. The summed E-state index contributed by atoms with van der Waals surface area (Å²) >= 11 is 0. The molecule has 140 valence electrons. The number of aliphatic carboxylic acids is 1. The topological polar surface area (TPSA) is 97.7 Å². The van der Waals surface area contributed by atoms with Gasteiger partial charge in [0, 0.05) is 12.4 Å². The zero-order valence-electron chi connectivity index (χ0n) is 14.6. The Morgan fingerprint density at radius 2 is 1.52 bits per heavy atom.